The summed E-state index contributed by atoms with van der Waals surface area (Å²) in [6.45, 7) is 10.1. The predicted octanol–water partition coefficient (Wildman–Crippen LogP) is 4.10. The molecule has 3 rings (SSSR count). The summed E-state index contributed by atoms with van der Waals surface area (Å²) >= 11 is 0. The van der Waals surface area contributed by atoms with Crippen molar-refractivity contribution in [3.8, 4) is 0 Å². The second-order valence-electron chi connectivity index (χ2n) is 8.29. The van der Waals surface area contributed by atoms with E-state index < -0.39 is 0 Å². The van der Waals surface area contributed by atoms with Crippen LogP contribution in [0.15, 0.2) is 48.5 Å². The highest BCUT2D eigenvalue weighted by Crippen LogP contribution is 2.22. The predicted molar refractivity (Wildman–Crippen MR) is 111 cm³/mol. The van der Waals surface area contributed by atoms with Crippen molar-refractivity contribution in [1.82, 2.24) is 4.90 Å². The Morgan fingerprint density at radius 2 is 1.79 bits per heavy atom. The van der Waals surface area contributed by atoms with Crippen molar-refractivity contribution in [3.05, 3.63) is 65.2 Å². The average molecular weight is 380 g/mol. The van der Waals surface area contributed by atoms with Crippen molar-refractivity contribution in [2.24, 2.45) is 0 Å². The Balaban J connectivity index is 1.70. The van der Waals surface area contributed by atoms with Gasteiger partial charge < -0.3 is 15.0 Å². The number of carbonyl (C=O) groups excluding carboxylic acids is 2. The Labute approximate surface area is 166 Å². The number of hydrogen-bond donors (Lipinski definition) is 1. The van der Waals surface area contributed by atoms with E-state index in [4.69, 9.17) is 4.74 Å². The molecule has 2 aromatic carbocycles. The van der Waals surface area contributed by atoms with Gasteiger partial charge in [0, 0.05) is 29.9 Å². The van der Waals surface area contributed by atoms with E-state index in [2.05, 4.69) is 26.1 Å². The summed E-state index contributed by atoms with van der Waals surface area (Å²) in [5, 5.41) is 2.89. The van der Waals surface area contributed by atoms with E-state index in [-0.39, 0.29) is 23.3 Å². The van der Waals surface area contributed by atoms with Crippen LogP contribution in [0.2, 0.25) is 0 Å². The van der Waals surface area contributed by atoms with Crippen LogP contribution in [-0.4, -0.2) is 42.5 Å². The fourth-order valence-electron chi connectivity index (χ4n) is 3.24. The molecule has 1 N–H and O–H groups in total. The molecule has 0 saturated carbocycles. The molecule has 0 radical (unpaired) electrons. The van der Waals surface area contributed by atoms with Gasteiger partial charge in [0.05, 0.1) is 12.7 Å². The number of carbonyl (C=O) groups is 2. The Kier molecular flexibility index (Phi) is 5.84. The molecular formula is C23H28N2O3. The number of amides is 2. The van der Waals surface area contributed by atoms with Crippen LogP contribution < -0.4 is 5.32 Å². The van der Waals surface area contributed by atoms with Crippen LogP contribution in [0.1, 0.15) is 54.0 Å². The quantitative estimate of drug-likeness (QED) is 0.872. The van der Waals surface area contributed by atoms with Crippen LogP contribution in [0.3, 0.4) is 0 Å². The molecule has 1 aliphatic rings. The first-order valence-corrected chi connectivity index (χ1v) is 9.67. The summed E-state index contributed by atoms with van der Waals surface area (Å²) < 4.78 is 5.50. The summed E-state index contributed by atoms with van der Waals surface area (Å²) in [6, 6.07) is 14.7. The molecule has 1 heterocycles. The maximum atomic E-state index is 12.7. The molecule has 1 unspecified atom stereocenters. The molecule has 5 nitrogen and oxygen atoms in total. The SMILES string of the molecule is CC1CN(C(=O)c2cccc(NC(=O)c3ccc(C(C)(C)C)cc3)c2)CCO1. The van der Waals surface area contributed by atoms with Gasteiger partial charge in [0.25, 0.3) is 11.8 Å². The zero-order valence-corrected chi connectivity index (χ0v) is 17.0. The summed E-state index contributed by atoms with van der Waals surface area (Å²) in [7, 11) is 0. The van der Waals surface area contributed by atoms with Gasteiger partial charge in [-0.1, -0.05) is 39.0 Å². The van der Waals surface area contributed by atoms with Gasteiger partial charge >= 0.3 is 0 Å². The maximum Gasteiger partial charge on any atom is 0.255 e. The Hall–Kier alpha value is -2.66. The van der Waals surface area contributed by atoms with Gasteiger partial charge in [-0.15, -0.1) is 0 Å². The second-order valence-corrected chi connectivity index (χ2v) is 8.29. The number of nitrogens with zero attached hydrogens (tertiary/aromatic N) is 1. The summed E-state index contributed by atoms with van der Waals surface area (Å²) in [4.78, 5) is 27.1. The van der Waals surface area contributed by atoms with Crippen molar-refractivity contribution >= 4 is 17.5 Å². The molecule has 0 spiro atoms. The van der Waals surface area contributed by atoms with Gasteiger partial charge in [0.2, 0.25) is 0 Å². The molecular weight excluding hydrogens is 352 g/mol. The van der Waals surface area contributed by atoms with E-state index in [1.807, 2.05) is 31.2 Å². The minimum atomic E-state index is -0.190. The molecule has 1 fully saturated rings. The topological polar surface area (TPSA) is 58.6 Å². The highest BCUT2D eigenvalue weighted by Gasteiger charge is 2.22. The molecule has 148 valence electrons. The fraction of sp³-hybridized carbons (Fsp3) is 0.391. The standard InChI is InChI=1S/C23H28N2O3/c1-16-15-25(12-13-28-16)22(27)18-6-5-7-20(14-18)24-21(26)17-8-10-19(11-9-17)23(2,3)4/h5-11,14,16H,12-13,15H2,1-4H3,(H,24,26). The summed E-state index contributed by atoms with van der Waals surface area (Å²) in [5.41, 5.74) is 2.98. The number of ether oxygens (including phenoxy) is 1. The summed E-state index contributed by atoms with van der Waals surface area (Å²) in [6.07, 6.45) is 0.0386. The fourth-order valence-corrected chi connectivity index (χ4v) is 3.24. The Bertz CT molecular complexity index is 853. The lowest BCUT2D eigenvalue weighted by Crippen LogP contribution is -2.44. The molecule has 2 aromatic rings. The van der Waals surface area contributed by atoms with Gasteiger partial charge in [-0.05, 0) is 48.2 Å². The smallest absolute Gasteiger partial charge is 0.255 e. The normalized spacial score (nSPS) is 17.3. The molecule has 1 atom stereocenters. The highest BCUT2D eigenvalue weighted by molar-refractivity contribution is 6.05. The van der Waals surface area contributed by atoms with Crippen molar-refractivity contribution < 1.29 is 14.3 Å². The van der Waals surface area contributed by atoms with E-state index in [0.29, 0.717) is 36.5 Å². The number of benzene rings is 2. The summed E-state index contributed by atoms with van der Waals surface area (Å²) in [5.74, 6) is -0.231. The van der Waals surface area contributed by atoms with Crippen LogP contribution >= 0.6 is 0 Å². The third kappa shape index (κ3) is 4.78. The van der Waals surface area contributed by atoms with Crippen LogP contribution in [0.4, 0.5) is 5.69 Å². The van der Waals surface area contributed by atoms with Crippen molar-refractivity contribution in [2.45, 2.75) is 39.2 Å². The molecule has 0 aromatic heterocycles. The third-order valence-corrected chi connectivity index (χ3v) is 4.91. The minimum absolute atomic E-state index is 0.0386. The van der Waals surface area contributed by atoms with Crippen LogP contribution in [0.25, 0.3) is 0 Å². The number of morpholine rings is 1. The lowest BCUT2D eigenvalue weighted by atomic mass is 9.87. The largest absolute Gasteiger partial charge is 0.375 e. The van der Waals surface area contributed by atoms with E-state index in [9.17, 15) is 9.59 Å². The number of hydrogen-bond acceptors (Lipinski definition) is 3. The second kappa shape index (κ2) is 8.15. The monoisotopic (exact) mass is 380 g/mol. The molecule has 0 bridgehead atoms. The molecule has 2 amide bonds. The van der Waals surface area contributed by atoms with E-state index in [0.717, 1.165) is 0 Å². The number of rotatable bonds is 3. The molecule has 5 heteroatoms. The first-order chi connectivity index (χ1) is 13.2. The zero-order valence-electron chi connectivity index (χ0n) is 17.0. The average Bonchev–Trinajstić information content (AvgIpc) is 2.67. The lowest BCUT2D eigenvalue weighted by Gasteiger charge is -2.31. The highest BCUT2D eigenvalue weighted by atomic mass is 16.5. The molecule has 1 saturated heterocycles. The minimum Gasteiger partial charge on any atom is -0.375 e. The van der Waals surface area contributed by atoms with Crippen LogP contribution in [0.5, 0.6) is 0 Å². The Morgan fingerprint density at radius 3 is 2.43 bits per heavy atom. The van der Waals surface area contributed by atoms with Crippen LogP contribution in [-0.2, 0) is 10.2 Å². The zero-order chi connectivity index (χ0) is 20.3. The van der Waals surface area contributed by atoms with E-state index in [1.54, 1.807) is 29.2 Å². The van der Waals surface area contributed by atoms with Crippen molar-refractivity contribution in [2.75, 3.05) is 25.0 Å². The van der Waals surface area contributed by atoms with Gasteiger partial charge in [0.15, 0.2) is 0 Å². The van der Waals surface area contributed by atoms with Gasteiger partial charge in [0.1, 0.15) is 0 Å². The van der Waals surface area contributed by atoms with Gasteiger partial charge in [-0.2, -0.15) is 0 Å². The number of nitrogens with one attached hydrogen (secondary N) is 1. The first kappa shape index (κ1) is 20.1. The van der Waals surface area contributed by atoms with E-state index in [1.165, 1.54) is 5.56 Å². The third-order valence-electron chi connectivity index (χ3n) is 4.91. The Morgan fingerprint density at radius 1 is 1.07 bits per heavy atom. The maximum absolute atomic E-state index is 12.7. The van der Waals surface area contributed by atoms with Gasteiger partial charge in [-0.25, -0.2) is 0 Å². The number of anilines is 1. The molecule has 28 heavy (non-hydrogen) atoms. The van der Waals surface area contributed by atoms with Crippen molar-refractivity contribution in [1.29, 1.82) is 0 Å². The molecule has 0 aliphatic carbocycles. The van der Waals surface area contributed by atoms with E-state index >= 15 is 0 Å². The van der Waals surface area contributed by atoms with Crippen molar-refractivity contribution in [3.63, 3.8) is 0 Å². The lowest BCUT2D eigenvalue weighted by molar-refractivity contribution is -0.0124. The first-order valence-electron chi connectivity index (χ1n) is 9.67. The van der Waals surface area contributed by atoms with Crippen LogP contribution in [0, 0.1) is 0 Å². The molecule has 1 aliphatic heterocycles. The van der Waals surface area contributed by atoms with Gasteiger partial charge in [-0.3, -0.25) is 9.59 Å².